The van der Waals surface area contributed by atoms with Crippen LogP contribution >= 0.6 is 0 Å². The average molecular weight is 313 g/mol. The fourth-order valence-corrected chi connectivity index (χ4v) is 2.94. The van der Waals surface area contributed by atoms with Gasteiger partial charge in [-0.1, -0.05) is 0 Å². The number of alkyl halides is 1. The summed E-state index contributed by atoms with van der Waals surface area (Å²) in [4.78, 5) is 14.2. The van der Waals surface area contributed by atoms with Crippen LogP contribution in [0.3, 0.4) is 0 Å². The van der Waals surface area contributed by atoms with Crippen molar-refractivity contribution in [3.8, 4) is 5.75 Å². The molecular weight excluding hydrogens is 300 g/mol. The largest absolute Gasteiger partial charge is 0.493 e. The lowest BCUT2D eigenvalue weighted by atomic mass is 9.85. The van der Waals surface area contributed by atoms with E-state index in [1.807, 2.05) is 0 Å². The highest BCUT2D eigenvalue weighted by Crippen LogP contribution is 2.55. The van der Waals surface area contributed by atoms with E-state index in [0.717, 1.165) is 12.1 Å². The van der Waals surface area contributed by atoms with Crippen LogP contribution in [0.4, 0.5) is 14.5 Å². The lowest BCUT2D eigenvalue weighted by molar-refractivity contribution is -0.385. The van der Waals surface area contributed by atoms with Gasteiger partial charge in [0.1, 0.15) is 18.3 Å². The highest BCUT2D eigenvalue weighted by atomic mass is 19.1. The van der Waals surface area contributed by atoms with Crippen molar-refractivity contribution in [2.45, 2.75) is 18.1 Å². The van der Waals surface area contributed by atoms with Crippen LogP contribution in [0.15, 0.2) is 17.1 Å². The number of nitrogens with two attached hydrogens (primary N) is 1. The molecule has 7 nitrogen and oxygen atoms in total. The van der Waals surface area contributed by atoms with Crippen molar-refractivity contribution in [2.75, 3.05) is 13.8 Å². The molecule has 9 heteroatoms. The Morgan fingerprint density at radius 1 is 1.64 bits per heavy atom. The van der Waals surface area contributed by atoms with E-state index in [1.165, 1.54) is 7.11 Å². The standard InChI is InChI=1S/C13H13F2N3O4/c1-21-11-8(2-6(18(19)20)3-9(11)15)13(5-14)7-4-10(7)22-12(16)17-13/h2-3,7,10H,4-5H2,1H3,(H2,16,17). The minimum absolute atomic E-state index is 0.0250. The molecule has 0 saturated heterocycles. The van der Waals surface area contributed by atoms with Crippen molar-refractivity contribution < 1.29 is 23.2 Å². The summed E-state index contributed by atoms with van der Waals surface area (Å²) in [5.74, 6) is -1.58. The first-order valence-corrected chi connectivity index (χ1v) is 6.53. The fraction of sp³-hybridized carbons (Fsp3) is 0.462. The highest BCUT2D eigenvalue weighted by molar-refractivity contribution is 5.74. The number of nitrogens with zero attached hydrogens (tertiary/aromatic N) is 2. The second-order valence-corrected chi connectivity index (χ2v) is 5.27. The zero-order valence-corrected chi connectivity index (χ0v) is 11.6. The number of hydrogen-bond donors (Lipinski definition) is 1. The third kappa shape index (κ3) is 1.96. The predicted molar refractivity (Wildman–Crippen MR) is 71.9 cm³/mol. The molecule has 0 spiro atoms. The number of benzene rings is 1. The normalized spacial score (nSPS) is 29.1. The number of fused-ring (bicyclic) bond motifs is 1. The predicted octanol–water partition coefficient (Wildman–Crippen LogP) is 1.64. The van der Waals surface area contributed by atoms with E-state index in [4.69, 9.17) is 15.2 Å². The molecule has 1 fully saturated rings. The minimum atomic E-state index is -1.52. The number of ether oxygens (including phenoxy) is 2. The summed E-state index contributed by atoms with van der Waals surface area (Å²) >= 11 is 0. The Bertz CT molecular complexity index is 681. The van der Waals surface area contributed by atoms with Gasteiger partial charge in [0.15, 0.2) is 11.6 Å². The van der Waals surface area contributed by atoms with E-state index in [0.29, 0.717) is 6.42 Å². The Labute approximate surface area is 123 Å². The summed E-state index contributed by atoms with van der Waals surface area (Å²) in [5.41, 5.74) is 3.51. The Morgan fingerprint density at radius 2 is 2.36 bits per heavy atom. The number of nitro benzene ring substituents is 1. The molecule has 1 aliphatic heterocycles. The number of hydrogen-bond acceptors (Lipinski definition) is 6. The number of nitro groups is 1. The molecule has 3 rings (SSSR count). The van der Waals surface area contributed by atoms with Gasteiger partial charge in [0, 0.05) is 17.5 Å². The van der Waals surface area contributed by atoms with Crippen molar-refractivity contribution >= 4 is 11.7 Å². The van der Waals surface area contributed by atoms with Crippen molar-refractivity contribution in [3.63, 3.8) is 0 Å². The smallest absolute Gasteiger partial charge is 0.283 e. The first kappa shape index (κ1) is 14.5. The molecule has 1 saturated carbocycles. The molecule has 22 heavy (non-hydrogen) atoms. The van der Waals surface area contributed by atoms with Crippen LogP contribution in [0.1, 0.15) is 12.0 Å². The Hall–Kier alpha value is -2.45. The molecule has 3 atom stereocenters. The molecule has 1 aliphatic carbocycles. The van der Waals surface area contributed by atoms with Gasteiger partial charge in [0.2, 0.25) is 0 Å². The van der Waals surface area contributed by atoms with Crippen LogP contribution in [0, 0.1) is 21.8 Å². The number of rotatable bonds is 4. The molecule has 0 radical (unpaired) electrons. The topological polar surface area (TPSA) is 100.0 Å². The summed E-state index contributed by atoms with van der Waals surface area (Å²) < 4.78 is 38.2. The van der Waals surface area contributed by atoms with E-state index in [-0.39, 0.29) is 29.4 Å². The highest BCUT2D eigenvalue weighted by Gasteiger charge is 2.60. The number of methoxy groups -OCH3 is 1. The molecule has 1 aromatic rings. The van der Waals surface area contributed by atoms with E-state index >= 15 is 0 Å². The summed E-state index contributed by atoms with van der Waals surface area (Å²) in [6, 6.07) is 1.59. The molecular formula is C13H13F2N3O4. The van der Waals surface area contributed by atoms with Crippen molar-refractivity contribution in [3.05, 3.63) is 33.6 Å². The van der Waals surface area contributed by atoms with Gasteiger partial charge in [-0.2, -0.15) is 0 Å². The third-order valence-corrected chi connectivity index (χ3v) is 4.04. The van der Waals surface area contributed by atoms with Crippen LogP contribution in [-0.4, -0.2) is 30.8 Å². The Balaban J connectivity index is 2.24. The van der Waals surface area contributed by atoms with Gasteiger partial charge in [-0.25, -0.2) is 13.8 Å². The molecule has 2 N–H and O–H groups in total. The van der Waals surface area contributed by atoms with Gasteiger partial charge in [-0.15, -0.1) is 0 Å². The Kier molecular flexibility index (Phi) is 3.15. The van der Waals surface area contributed by atoms with Gasteiger partial charge in [0.05, 0.1) is 18.1 Å². The first-order valence-electron chi connectivity index (χ1n) is 6.53. The molecule has 118 valence electrons. The zero-order chi connectivity index (χ0) is 16.1. The number of aliphatic imine (C=N–C) groups is 1. The van der Waals surface area contributed by atoms with Gasteiger partial charge in [-0.3, -0.25) is 10.1 Å². The average Bonchev–Trinajstić information content (AvgIpc) is 3.24. The maximum atomic E-state index is 14.1. The van der Waals surface area contributed by atoms with E-state index in [1.54, 1.807) is 0 Å². The lowest BCUT2D eigenvalue weighted by Crippen LogP contribution is -2.39. The maximum absolute atomic E-state index is 14.1. The van der Waals surface area contributed by atoms with Crippen LogP contribution < -0.4 is 10.5 Å². The molecule has 3 unspecified atom stereocenters. The monoisotopic (exact) mass is 313 g/mol. The molecule has 0 aromatic heterocycles. The quantitative estimate of drug-likeness (QED) is 0.673. The van der Waals surface area contributed by atoms with Gasteiger partial charge < -0.3 is 15.2 Å². The second kappa shape index (κ2) is 4.79. The first-order chi connectivity index (χ1) is 10.4. The van der Waals surface area contributed by atoms with Crippen molar-refractivity contribution in [2.24, 2.45) is 16.6 Å². The lowest BCUT2D eigenvalue weighted by Gasteiger charge is -2.32. The van der Waals surface area contributed by atoms with Crippen LogP contribution in [0.5, 0.6) is 5.75 Å². The third-order valence-electron chi connectivity index (χ3n) is 4.04. The van der Waals surface area contributed by atoms with Gasteiger partial charge >= 0.3 is 0 Å². The molecule has 2 aliphatic rings. The molecule has 1 aromatic carbocycles. The van der Waals surface area contributed by atoms with E-state index in [2.05, 4.69) is 4.99 Å². The minimum Gasteiger partial charge on any atom is -0.493 e. The van der Waals surface area contributed by atoms with Crippen LogP contribution in [-0.2, 0) is 10.3 Å². The van der Waals surface area contributed by atoms with Crippen molar-refractivity contribution in [1.82, 2.24) is 0 Å². The molecule has 1 heterocycles. The van der Waals surface area contributed by atoms with E-state index < -0.39 is 28.6 Å². The zero-order valence-electron chi connectivity index (χ0n) is 11.6. The number of halogens is 2. The summed E-state index contributed by atoms with van der Waals surface area (Å²) in [6.07, 6.45) is 0.168. The molecule has 0 amide bonds. The summed E-state index contributed by atoms with van der Waals surface area (Å²) in [6.45, 7) is -0.991. The maximum Gasteiger partial charge on any atom is 0.283 e. The van der Waals surface area contributed by atoms with Crippen LogP contribution in [0.25, 0.3) is 0 Å². The Morgan fingerprint density at radius 3 is 2.95 bits per heavy atom. The summed E-state index contributed by atoms with van der Waals surface area (Å²) in [7, 11) is 1.20. The number of non-ortho nitro benzene ring substituents is 1. The van der Waals surface area contributed by atoms with Gasteiger partial charge in [0.25, 0.3) is 11.7 Å². The SMILES string of the molecule is COc1c(F)cc([N+](=O)[O-])cc1C1(CF)N=C(N)OC2CC21. The second-order valence-electron chi connectivity index (χ2n) is 5.27. The van der Waals surface area contributed by atoms with Gasteiger partial charge in [-0.05, 0) is 6.42 Å². The van der Waals surface area contributed by atoms with E-state index in [9.17, 15) is 18.9 Å². The van der Waals surface area contributed by atoms with Crippen LogP contribution in [0.2, 0.25) is 0 Å². The van der Waals surface area contributed by atoms with Crippen molar-refractivity contribution in [1.29, 1.82) is 0 Å². The molecule has 0 bridgehead atoms. The summed E-state index contributed by atoms with van der Waals surface area (Å²) in [5, 5.41) is 11.0. The fourth-order valence-electron chi connectivity index (χ4n) is 2.94. The number of amidine groups is 1.